The van der Waals surface area contributed by atoms with Crippen LogP contribution in [-0.2, 0) is 21.0 Å². The Morgan fingerprint density at radius 2 is 1.74 bits per heavy atom. The minimum absolute atomic E-state index is 0.00962. The summed E-state index contributed by atoms with van der Waals surface area (Å²) in [4.78, 5) is 23.9. The number of nitrogens with one attached hydrogen (secondary N) is 2. The number of hydrogen-bond acceptors (Lipinski definition) is 10. The second-order valence-corrected chi connectivity index (χ2v) is 13.5. The number of hydrazine groups is 1. The van der Waals surface area contributed by atoms with Crippen LogP contribution in [0, 0.1) is 5.92 Å². The van der Waals surface area contributed by atoms with Crippen molar-refractivity contribution >= 4 is 22.0 Å². The number of sulfone groups is 1. The third-order valence-electron chi connectivity index (χ3n) is 6.15. The Bertz CT molecular complexity index is 1340. The Morgan fingerprint density at radius 3 is 2.37 bits per heavy atom. The number of aliphatic hydroxyl groups excluding tert-OH is 1. The first kappa shape index (κ1) is 33.7. The number of ether oxygens (including phenoxy) is 4. The minimum Gasteiger partial charge on any atom is -0.492 e. The van der Waals surface area contributed by atoms with Crippen LogP contribution in [0.2, 0.25) is 0 Å². The number of carbonyl (C=O) groups is 2. The summed E-state index contributed by atoms with van der Waals surface area (Å²) in [5.41, 5.74) is 2.85. The van der Waals surface area contributed by atoms with Crippen molar-refractivity contribution in [2.24, 2.45) is 5.92 Å². The molecule has 13 nitrogen and oxygen atoms in total. The standard InChI is InChI=1S/C29H41N3O10S/c1-19(2)16-31-32(28(35)36)23(24(33)17-43(37,38)22-10-11-25-26(15-22)41-18-40-25)14-20-6-8-21(9-7-20)39-13-12-30-27(34)42-29(3,4)5/h6-11,15,19,23-24,31,33H,12-14,16-18H2,1-5H3,(H,30,34)(H,35,36). The van der Waals surface area contributed by atoms with Gasteiger partial charge >= 0.3 is 12.2 Å². The largest absolute Gasteiger partial charge is 0.492 e. The molecule has 0 bridgehead atoms. The number of fused-ring (bicyclic) bond motifs is 1. The van der Waals surface area contributed by atoms with Crippen molar-refractivity contribution in [3.63, 3.8) is 0 Å². The minimum atomic E-state index is -4.04. The Hall–Kier alpha value is -3.75. The Kier molecular flexibility index (Phi) is 11.5. The van der Waals surface area contributed by atoms with E-state index in [2.05, 4.69) is 10.7 Å². The maximum Gasteiger partial charge on any atom is 0.422 e. The van der Waals surface area contributed by atoms with Gasteiger partial charge in [0.1, 0.15) is 18.0 Å². The summed E-state index contributed by atoms with van der Waals surface area (Å²) in [7, 11) is -4.04. The monoisotopic (exact) mass is 623 g/mol. The fraction of sp³-hybridized carbons (Fsp3) is 0.517. The van der Waals surface area contributed by atoms with E-state index in [1.165, 1.54) is 18.2 Å². The van der Waals surface area contributed by atoms with Gasteiger partial charge in [0.25, 0.3) is 0 Å². The van der Waals surface area contributed by atoms with Crippen LogP contribution in [0.3, 0.4) is 0 Å². The molecule has 14 heteroatoms. The van der Waals surface area contributed by atoms with E-state index in [1.807, 2.05) is 13.8 Å². The molecule has 0 saturated carbocycles. The zero-order chi connectivity index (χ0) is 31.8. The number of aliphatic hydroxyl groups is 1. The molecule has 1 aliphatic rings. The molecule has 0 fully saturated rings. The van der Waals surface area contributed by atoms with Crippen molar-refractivity contribution in [3.8, 4) is 17.2 Å². The maximum absolute atomic E-state index is 13.2. The van der Waals surface area contributed by atoms with Gasteiger partial charge in [0.15, 0.2) is 21.3 Å². The number of hydrogen-bond donors (Lipinski definition) is 4. The third kappa shape index (κ3) is 10.5. The second-order valence-electron chi connectivity index (χ2n) is 11.5. The van der Waals surface area contributed by atoms with Gasteiger partial charge < -0.3 is 34.5 Å². The lowest BCUT2D eigenvalue weighted by molar-refractivity contribution is 0.0300. The SMILES string of the molecule is CC(C)CNN(C(=O)O)C(Cc1ccc(OCCNC(=O)OC(C)(C)C)cc1)C(O)CS(=O)(=O)c1ccc2c(c1)OCO2. The van der Waals surface area contributed by atoms with Crippen LogP contribution < -0.4 is 25.0 Å². The van der Waals surface area contributed by atoms with Crippen LogP contribution in [0.4, 0.5) is 9.59 Å². The molecule has 0 aromatic heterocycles. The summed E-state index contributed by atoms with van der Waals surface area (Å²) in [5, 5.41) is 24.7. The van der Waals surface area contributed by atoms with Crippen molar-refractivity contribution in [1.29, 1.82) is 0 Å². The van der Waals surface area contributed by atoms with E-state index >= 15 is 0 Å². The molecule has 3 rings (SSSR count). The number of carbonyl (C=O) groups excluding carboxylic acids is 1. The first-order chi connectivity index (χ1) is 20.1. The molecule has 1 aliphatic heterocycles. The number of carboxylic acid groups (broad SMARTS) is 1. The topological polar surface area (TPSA) is 173 Å². The molecule has 2 aromatic rings. The number of nitrogens with zero attached hydrogens (tertiary/aromatic N) is 1. The molecule has 0 aliphatic carbocycles. The summed E-state index contributed by atoms with van der Waals surface area (Å²) in [5.74, 6) is 0.555. The highest BCUT2D eigenvalue weighted by Gasteiger charge is 2.34. The molecule has 0 saturated heterocycles. The van der Waals surface area contributed by atoms with E-state index in [-0.39, 0.29) is 49.5 Å². The van der Waals surface area contributed by atoms with Gasteiger partial charge in [0.2, 0.25) is 6.79 Å². The lowest BCUT2D eigenvalue weighted by Gasteiger charge is -2.33. The third-order valence-corrected chi connectivity index (χ3v) is 7.90. The normalized spacial score (nSPS) is 14.2. The van der Waals surface area contributed by atoms with Crippen LogP contribution >= 0.6 is 0 Å². The first-order valence-corrected chi connectivity index (χ1v) is 15.5. The molecule has 2 aromatic carbocycles. The van der Waals surface area contributed by atoms with Crippen molar-refractivity contribution < 1.29 is 47.2 Å². The molecule has 0 radical (unpaired) electrons. The van der Waals surface area contributed by atoms with Gasteiger partial charge in [-0.15, -0.1) is 0 Å². The molecule has 2 atom stereocenters. The second kappa shape index (κ2) is 14.6. The van der Waals surface area contributed by atoms with Crippen molar-refractivity contribution in [2.45, 2.75) is 63.7 Å². The van der Waals surface area contributed by atoms with Crippen LogP contribution in [0.25, 0.3) is 0 Å². The summed E-state index contributed by atoms with van der Waals surface area (Å²) >= 11 is 0. The summed E-state index contributed by atoms with van der Waals surface area (Å²) in [6.07, 6.45) is -3.48. The fourth-order valence-electron chi connectivity index (χ4n) is 4.11. The highest BCUT2D eigenvalue weighted by atomic mass is 32.2. The van der Waals surface area contributed by atoms with Gasteiger partial charge in [-0.3, -0.25) is 0 Å². The van der Waals surface area contributed by atoms with Crippen LogP contribution in [0.5, 0.6) is 17.2 Å². The van der Waals surface area contributed by atoms with Crippen molar-refractivity contribution in [3.05, 3.63) is 48.0 Å². The van der Waals surface area contributed by atoms with Gasteiger partial charge in [-0.1, -0.05) is 26.0 Å². The van der Waals surface area contributed by atoms with Gasteiger partial charge in [-0.25, -0.2) is 28.4 Å². The van der Waals surface area contributed by atoms with Gasteiger partial charge in [0, 0.05) is 12.6 Å². The van der Waals surface area contributed by atoms with Crippen LogP contribution in [0.15, 0.2) is 47.4 Å². The average Bonchev–Trinajstić information content (AvgIpc) is 3.38. The number of amides is 2. The Morgan fingerprint density at radius 1 is 1.07 bits per heavy atom. The highest BCUT2D eigenvalue weighted by molar-refractivity contribution is 7.91. The predicted octanol–water partition coefficient (Wildman–Crippen LogP) is 3.21. The van der Waals surface area contributed by atoms with E-state index in [0.29, 0.717) is 17.1 Å². The van der Waals surface area contributed by atoms with E-state index in [1.54, 1.807) is 45.0 Å². The quantitative estimate of drug-likeness (QED) is 0.180. The Balaban J connectivity index is 1.71. The average molecular weight is 624 g/mol. The summed E-state index contributed by atoms with van der Waals surface area (Å²) < 4.78 is 47.8. The molecule has 238 valence electrons. The Labute approximate surface area is 252 Å². The van der Waals surface area contributed by atoms with Gasteiger partial charge in [-0.05, 0) is 62.9 Å². The molecular formula is C29H41N3O10S. The molecule has 43 heavy (non-hydrogen) atoms. The summed E-state index contributed by atoms with van der Waals surface area (Å²) in [6, 6.07) is 9.75. The van der Waals surface area contributed by atoms with Crippen molar-refractivity contribution in [1.82, 2.24) is 15.8 Å². The predicted molar refractivity (Wildman–Crippen MR) is 157 cm³/mol. The van der Waals surface area contributed by atoms with Crippen molar-refractivity contribution in [2.75, 3.05) is 32.2 Å². The number of alkyl carbamates (subject to hydrolysis) is 1. The van der Waals surface area contributed by atoms with Crippen LogP contribution in [0.1, 0.15) is 40.2 Å². The van der Waals surface area contributed by atoms with E-state index in [9.17, 15) is 28.2 Å². The van der Waals surface area contributed by atoms with E-state index in [4.69, 9.17) is 18.9 Å². The molecule has 1 heterocycles. The molecule has 2 unspecified atom stereocenters. The number of rotatable bonds is 14. The van der Waals surface area contributed by atoms with Gasteiger partial charge in [0.05, 0.1) is 29.3 Å². The maximum atomic E-state index is 13.2. The lowest BCUT2D eigenvalue weighted by Crippen LogP contribution is -2.56. The number of benzene rings is 2. The first-order valence-electron chi connectivity index (χ1n) is 13.9. The molecule has 4 N–H and O–H groups in total. The van der Waals surface area contributed by atoms with Gasteiger partial charge in [-0.2, -0.15) is 0 Å². The highest BCUT2D eigenvalue weighted by Crippen LogP contribution is 2.34. The molecule has 0 spiro atoms. The molecule has 2 amide bonds. The van der Waals surface area contributed by atoms with Crippen LogP contribution in [-0.4, -0.2) is 85.8 Å². The summed E-state index contributed by atoms with van der Waals surface area (Å²) in [6.45, 7) is 9.75. The zero-order valence-electron chi connectivity index (χ0n) is 25.0. The lowest BCUT2D eigenvalue weighted by atomic mass is 10.0. The van der Waals surface area contributed by atoms with E-state index in [0.717, 1.165) is 5.01 Å². The zero-order valence-corrected chi connectivity index (χ0v) is 25.8. The van der Waals surface area contributed by atoms with E-state index < -0.39 is 45.5 Å². The smallest absolute Gasteiger partial charge is 0.422 e. The molecular weight excluding hydrogens is 582 g/mol. The fourth-order valence-corrected chi connectivity index (χ4v) is 5.54.